The third-order valence-corrected chi connectivity index (χ3v) is 3.61. The van der Waals surface area contributed by atoms with Crippen molar-refractivity contribution in [2.75, 3.05) is 6.61 Å². The lowest BCUT2D eigenvalue weighted by Crippen LogP contribution is -2.03. The first-order valence-electron chi connectivity index (χ1n) is 5.30. The highest BCUT2D eigenvalue weighted by Gasteiger charge is 2.15. The molecule has 90 valence electrons. The molecule has 16 heavy (non-hydrogen) atoms. The Hall–Kier alpha value is -0.580. The minimum absolute atomic E-state index is 0.0899. The summed E-state index contributed by atoms with van der Waals surface area (Å²) in [5.74, 6) is -0.312. The summed E-state index contributed by atoms with van der Waals surface area (Å²) in [6, 6.07) is 4.71. The molecule has 0 saturated carbocycles. The van der Waals surface area contributed by atoms with Gasteiger partial charge in [0.2, 0.25) is 0 Å². The molecule has 0 heterocycles. The first-order valence-corrected chi connectivity index (χ1v) is 6.18. The maximum atomic E-state index is 13.6. The summed E-state index contributed by atoms with van der Waals surface area (Å²) in [4.78, 5) is 0.485. The van der Waals surface area contributed by atoms with E-state index in [4.69, 9.17) is 5.11 Å². The number of thioether (sulfide) groups is 1. The van der Waals surface area contributed by atoms with Crippen molar-refractivity contribution in [1.29, 1.82) is 0 Å². The summed E-state index contributed by atoms with van der Waals surface area (Å²) in [6.07, 6.45) is -0.0716. The van der Waals surface area contributed by atoms with Crippen LogP contribution in [0.25, 0.3) is 0 Å². The predicted molar refractivity (Wildman–Crippen MR) is 64.1 cm³/mol. The zero-order valence-corrected chi connectivity index (χ0v) is 10.3. The number of rotatable bonds is 5. The van der Waals surface area contributed by atoms with Crippen molar-refractivity contribution in [3.05, 3.63) is 29.6 Å². The fraction of sp³-hybridized carbons (Fsp3) is 0.500. The molecule has 0 amide bonds. The highest BCUT2D eigenvalue weighted by Crippen LogP contribution is 2.33. The van der Waals surface area contributed by atoms with E-state index in [0.717, 1.165) is 0 Å². The van der Waals surface area contributed by atoms with Crippen molar-refractivity contribution in [1.82, 2.24) is 0 Å². The number of aliphatic hydroxyl groups excluding tert-OH is 2. The average Bonchev–Trinajstić information content (AvgIpc) is 2.21. The van der Waals surface area contributed by atoms with E-state index in [1.165, 1.54) is 17.8 Å². The predicted octanol–water partition coefficient (Wildman–Crippen LogP) is 2.74. The summed E-state index contributed by atoms with van der Waals surface area (Å²) >= 11 is 1.35. The molecule has 0 spiro atoms. The first-order chi connectivity index (χ1) is 7.56. The number of halogens is 1. The van der Waals surface area contributed by atoms with Crippen LogP contribution >= 0.6 is 11.8 Å². The zero-order chi connectivity index (χ0) is 12.1. The molecule has 2 N–H and O–H groups in total. The molecule has 0 fully saturated rings. The topological polar surface area (TPSA) is 40.5 Å². The third kappa shape index (κ3) is 3.47. The van der Waals surface area contributed by atoms with Crippen LogP contribution in [0, 0.1) is 5.82 Å². The lowest BCUT2D eigenvalue weighted by Gasteiger charge is -2.15. The van der Waals surface area contributed by atoms with Crippen LogP contribution in [0.1, 0.15) is 31.9 Å². The van der Waals surface area contributed by atoms with E-state index in [2.05, 4.69) is 0 Å². The Labute approximate surface area is 99.5 Å². The number of benzene rings is 1. The van der Waals surface area contributed by atoms with E-state index in [-0.39, 0.29) is 17.7 Å². The van der Waals surface area contributed by atoms with Gasteiger partial charge in [0.15, 0.2) is 0 Å². The van der Waals surface area contributed by atoms with Crippen LogP contribution in [-0.2, 0) is 0 Å². The molecular weight excluding hydrogens is 227 g/mol. The largest absolute Gasteiger partial charge is 0.396 e. The van der Waals surface area contributed by atoms with E-state index < -0.39 is 6.10 Å². The van der Waals surface area contributed by atoms with Crippen molar-refractivity contribution >= 4 is 11.8 Å². The van der Waals surface area contributed by atoms with Crippen molar-refractivity contribution in [3.8, 4) is 0 Å². The summed E-state index contributed by atoms with van der Waals surface area (Å²) in [5.41, 5.74) is 0.606. The molecule has 0 aliphatic carbocycles. The van der Waals surface area contributed by atoms with Gasteiger partial charge in [0.25, 0.3) is 0 Å². The Kier molecular flexibility index (Phi) is 5.25. The van der Waals surface area contributed by atoms with Gasteiger partial charge in [-0.1, -0.05) is 19.1 Å². The van der Waals surface area contributed by atoms with Gasteiger partial charge in [-0.2, -0.15) is 0 Å². The molecule has 0 aliphatic rings. The van der Waals surface area contributed by atoms with Gasteiger partial charge >= 0.3 is 0 Å². The molecule has 1 rings (SSSR count). The standard InChI is InChI=1S/C12H17FO2S/c1-8(6-7-14)16-12-10(9(2)15)4-3-5-11(12)13/h3-5,8-9,14-15H,6-7H2,1-2H3. The summed E-state index contributed by atoms with van der Waals surface area (Å²) in [6.45, 7) is 3.64. The summed E-state index contributed by atoms with van der Waals surface area (Å²) in [7, 11) is 0. The molecule has 1 aromatic carbocycles. The van der Waals surface area contributed by atoms with Crippen molar-refractivity contribution < 1.29 is 14.6 Å². The molecule has 2 unspecified atom stereocenters. The molecule has 0 bridgehead atoms. The summed E-state index contributed by atoms with van der Waals surface area (Å²) < 4.78 is 13.6. The molecule has 0 aromatic heterocycles. The molecular formula is C12H17FO2S. The molecule has 1 aromatic rings. The van der Waals surface area contributed by atoms with E-state index in [1.54, 1.807) is 19.1 Å². The van der Waals surface area contributed by atoms with Gasteiger partial charge in [0.05, 0.1) is 6.10 Å². The van der Waals surface area contributed by atoms with Crippen molar-refractivity contribution in [3.63, 3.8) is 0 Å². The Balaban J connectivity index is 2.92. The van der Waals surface area contributed by atoms with E-state index >= 15 is 0 Å². The van der Waals surface area contributed by atoms with Gasteiger partial charge in [-0.15, -0.1) is 11.8 Å². The Morgan fingerprint density at radius 3 is 2.62 bits per heavy atom. The van der Waals surface area contributed by atoms with Gasteiger partial charge < -0.3 is 10.2 Å². The van der Waals surface area contributed by atoms with Crippen LogP contribution in [0.15, 0.2) is 23.1 Å². The average molecular weight is 244 g/mol. The van der Waals surface area contributed by atoms with Crippen LogP contribution in [0.2, 0.25) is 0 Å². The van der Waals surface area contributed by atoms with E-state index in [9.17, 15) is 9.50 Å². The SMILES string of the molecule is CC(CCO)Sc1c(F)cccc1C(C)O. The Morgan fingerprint density at radius 1 is 1.38 bits per heavy atom. The Bertz CT molecular complexity index is 342. The second-order valence-electron chi connectivity index (χ2n) is 3.77. The number of hydrogen-bond donors (Lipinski definition) is 2. The second kappa shape index (κ2) is 6.23. The second-order valence-corrected chi connectivity index (χ2v) is 5.22. The first kappa shape index (κ1) is 13.5. The molecule has 2 nitrogen and oxygen atoms in total. The normalized spacial score (nSPS) is 14.8. The maximum Gasteiger partial charge on any atom is 0.137 e. The molecule has 0 aliphatic heterocycles. The minimum Gasteiger partial charge on any atom is -0.396 e. The molecule has 0 radical (unpaired) electrons. The van der Waals surface area contributed by atoms with Crippen LogP contribution in [-0.4, -0.2) is 22.1 Å². The summed E-state index contributed by atoms with van der Waals surface area (Å²) in [5, 5.41) is 18.5. The quantitative estimate of drug-likeness (QED) is 0.782. The highest BCUT2D eigenvalue weighted by atomic mass is 32.2. The fourth-order valence-electron chi connectivity index (χ4n) is 1.42. The van der Waals surface area contributed by atoms with Gasteiger partial charge in [0.1, 0.15) is 5.82 Å². The van der Waals surface area contributed by atoms with Gasteiger partial charge in [-0.05, 0) is 25.0 Å². The molecule has 0 saturated heterocycles. The van der Waals surface area contributed by atoms with Gasteiger partial charge in [-0.3, -0.25) is 0 Å². The van der Waals surface area contributed by atoms with Crippen LogP contribution in [0.5, 0.6) is 0 Å². The van der Waals surface area contributed by atoms with Crippen LogP contribution in [0.4, 0.5) is 4.39 Å². The van der Waals surface area contributed by atoms with Crippen molar-refractivity contribution in [2.45, 2.75) is 36.5 Å². The van der Waals surface area contributed by atoms with Gasteiger partial charge in [-0.25, -0.2) is 4.39 Å². The maximum absolute atomic E-state index is 13.6. The van der Waals surface area contributed by atoms with Crippen molar-refractivity contribution in [2.24, 2.45) is 0 Å². The van der Waals surface area contributed by atoms with E-state index in [0.29, 0.717) is 16.9 Å². The smallest absolute Gasteiger partial charge is 0.137 e. The minimum atomic E-state index is -0.681. The zero-order valence-electron chi connectivity index (χ0n) is 9.48. The van der Waals surface area contributed by atoms with E-state index in [1.807, 2.05) is 6.92 Å². The number of hydrogen-bond acceptors (Lipinski definition) is 3. The Morgan fingerprint density at radius 2 is 2.06 bits per heavy atom. The van der Waals surface area contributed by atoms with Crippen LogP contribution in [0.3, 0.4) is 0 Å². The lowest BCUT2D eigenvalue weighted by atomic mass is 10.1. The number of aliphatic hydroxyl groups is 2. The highest BCUT2D eigenvalue weighted by molar-refractivity contribution is 8.00. The molecule has 2 atom stereocenters. The fourth-order valence-corrected chi connectivity index (χ4v) is 2.60. The lowest BCUT2D eigenvalue weighted by molar-refractivity contribution is 0.195. The monoisotopic (exact) mass is 244 g/mol. The third-order valence-electron chi connectivity index (χ3n) is 2.30. The molecule has 4 heteroatoms. The van der Waals surface area contributed by atoms with Crippen LogP contribution < -0.4 is 0 Å². The van der Waals surface area contributed by atoms with Gasteiger partial charge in [0, 0.05) is 16.8 Å².